The van der Waals surface area contributed by atoms with Gasteiger partial charge in [0.05, 0.1) is 6.42 Å². The molecule has 0 spiro atoms. The maximum absolute atomic E-state index is 11.8. The van der Waals surface area contributed by atoms with Crippen LogP contribution in [0, 0.1) is 0 Å². The van der Waals surface area contributed by atoms with Crippen molar-refractivity contribution in [2.75, 3.05) is 11.9 Å². The molecule has 5 nitrogen and oxygen atoms in total. The van der Waals surface area contributed by atoms with E-state index in [9.17, 15) is 9.59 Å². The van der Waals surface area contributed by atoms with E-state index in [4.69, 9.17) is 5.11 Å². The highest BCUT2D eigenvalue weighted by Crippen LogP contribution is 2.28. The summed E-state index contributed by atoms with van der Waals surface area (Å²) in [6.45, 7) is 8.53. The number of rotatable bonds is 6. The zero-order valence-corrected chi connectivity index (χ0v) is 13.1. The molecular weight excluding hydrogens is 268 g/mol. The number of benzene rings is 1. The minimum atomic E-state index is -0.931. The molecule has 0 aliphatic rings. The fourth-order valence-electron chi connectivity index (χ4n) is 1.98. The minimum absolute atomic E-state index is 0.0866. The van der Waals surface area contributed by atoms with Crippen molar-refractivity contribution in [2.45, 2.75) is 46.0 Å². The lowest BCUT2D eigenvalue weighted by Crippen LogP contribution is -2.31. The summed E-state index contributed by atoms with van der Waals surface area (Å²) in [6, 6.07) is 5.64. The highest BCUT2D eigenvalue weighted by atomic mass is 16.4. The van der Waals surface area contributed by atoms with Crippen LogP contribution in [0.2, 0.25) is 0 Å². The smallest absolute Gasteiger partial charge is 0.319 e. The molecule has 0 heterocycles. The molecule has 1 rings (SSSR count). The van der Waals surface area contributed by atoms with Crippen LogP contribution in [0.4, 0.5) is 10.5 Å². The maximum atomic E-state index is 11.8. The van der Waals surface area contributed by atoms with Gasteiger partial charge >= 0.3 is 12.0 Å². The van der Waals surface area contributed by atoms with Crippen LogP contribution >= 0.6 is 0 Å². The van der Waals surface area contributed by atoms with E-state index in [1.54, 1.807) is 0 Å². The molecule has 116 valence electrons. The van der Waals surface area contributed by atoms with Gasteiger partial charge in [0.1, 0.15) is 0 Å². The third-order valence-electron chi connectivity index (χ3n) is 3.24. The summed E-state index contributed by atoms with van der Waals surface area (Å²) in [6.07, 6.45) is -0.0866. The molecule has 0 atom stereocenters. The lowest BCUT2D eigenvalue weighted by molar-refractivity contribution is -0.136. The van der Waals surface area contributed by atoms with Gasteiger partial charge in [-0.05, 0) is 29.0 Å². The topological polar surface area (TPSA) is 78.4 Å². The summed E-state index contributed by atoms with van der Waals surface area (Å²) >= 11 is 0. The Morgan fingerprint density at radius 2 is 1.81 bits per heavy atom. The van der Waals surface area contributed by atoms with Crippen LogP contribution in [0.1, 0.15) is 57.1 Å². The van der Waals surface area contributed by atoms with Gasteiger partial charge in [-0.15, -0.1) is 0 Å². The number of carbonyl (C=O) groups is 2. The fourth-order valence-corrected chi connectivity index (χ4v) is 1.98. The van der Waals surface area contributed by atoms with Crippen LogP contribution in [0.3, 0.4) is 0 Å². The molecule has 1 aromatic rings. The molecule has 3 N–H and O–H groups in total. The second-order valence-corrected chi connectivity index (χ2v) is 5.68. The molecule has 0 aliphatic carbocycles. The molecule has 1 aromatic carbocycles. The van der Waals surface area contributed by atoms with E-state index in [-0.39, 0.29) is 24.9 Å². The number of amides is 2. The number of urea groups is 1. The first-order valence-electron chi connectivity index (χ1n) is 7.21. The first-order chi connectivity index (χ1) is 9.81. The number of nitrogens with one attached hydrogen (secondary N) is 2. The van der Waals surface area contributed by atoms with Crippen molar-refractivity contribution in [1.82, 2.24) is 5.32 Å². The molecule has 2 amide bonds. The van der Waals surface area contributed by atoms with E-state index in [0.29, 0.717) is 5.92 Å². The van der Waals surface area contributed by atoms with Crippen LogP contribution < -0.4 is 10.6 Å². The average molecular weight is 292 g/mol. The van der Waals surface area contributed by atoms with Crippen molar-refractivity contribution in [3.8, 4) is 0 Å². The molecule has 0 aromatic heterocycles. The van der Waals surface area contributed by atoms with Crippen LogP contribution in [-0.2, 0) is 4.79 Å². The number of carboxylic acid groups (broad SMARTS) is 1. The maximum Gasteiger partial charge on any atom is 0.319 e. The number of anilines is 1. The number of aliphatic carboxylic acids is 1. The first-order valence-corrected chi connectivity index (χ1v) is 7.21. The standard InChI is InChI=1S/C16H24N2O3/c1-10(2)12-5-6-14(13(9-12)11(3)4)18-16(21)17-8-7-15(19)20/h5-6,9-11H,7-8H2,1-4H3,(H,19,20)(H2,17,18,21). The lowest BCUT2D eigenvalue weighted by Gasteiger charge is -2.17. The molecule has 21 heavy (non-hydrogen) atoms. The Bertz CT molecular complexity index is 510. The summed E-state index contributed by atoms with van der Waals surface area (Å²) in [5, 5.41) is 13.9. The third-order valence-corrected chi connectivity index (χ3v) is 3.24. The Kier molecular flexibility index (Phi) is 6.21. The number of carbonyl (C=O) groups excluding carboxylic acids is 1. The highest BCUT2D eigenvalue weighted by Gasteiger charge is 2.12. The van der Waals surface area contributed by atoms with Crippen LogP contribution in [-0.4, -0.2) is 23.7 Å². The Labute approximate surface area is 125 Å². The minimum Gasteiger partial charge on any atom is -0.481 e. The zero-order valence-electron chi connectivity index (χ0n) is 13.1. The summed E-state index contributed by atoms with van der Waals surface area (Å²) in [5.74, 6) is -0.210. The zero-order chi connectivity index (χ0) is 16.0. The van der Waals surface area contributed by atoms with Gasteiger partial charge in [0.25, 0.3) is 0 Å². The van der Waals surface area contributed by atoms with Crippen molar-refractivity contribution in [2.24, 2.45) is 0 Å². The molecular formula is C16H24N2O3. The average Bonchev–Trinajstić information content (AvgIpc) is 2.38. The first kappa shape index (κ1) is 17.0. The van der Waals surface area contributed by atoms with E-state index in [1.165, 1.54) is 5.56 Å². The van der Waals surface area contributed by atoms with Gasteiger partial charge in [-0.2, -0.15) is 0 Å². The Balaban J connectivity index is 2.78. The van der Waals surface area contributed by atoms with Crippen LogP contribution in [0.25, 0.3) is 0 Å². The Morgan fingerprint density at radius 1 is 1.14 bits per heavy atom. The molecule has 0 aliphatic heterocycles. The summed E-state index contributed by atoms with van der Waals surface area (Å²) in [7, 11) is 0. The molecule has 0 saturated heterocycles. The predicted octanol–water partition coefficient (Wildman–Crippen LogP) is 3.53. The van der Waals surface area contributed by atoms with Crippen molar-refractivity contribution in [3.05, 3.63) is 29.3 Å². The SMILES string of the molecule is CC(C)c1ccc(NC(=O)NCCC(=O)O)c(C(C)C)c1. The van der Waals surface area contributed by atoms with E-state index in [0.717, 1.165) is 11.3 Å². The predicted molar refractivity (Wildman–Crippen MR) is 83.9 cm³/mol. The Hall–Kier alpha value is -2.04. The van der Waals surface area contributed by atoms with E-state index in [2.05, 4.69) is 44.4 Å². The van der Waals surface area contributed by atoms with Gasteiger partial charge in [-0.25, -0.2) is 4.79 Å². The quantitative estimate of drug-likeness (QED) is 0.750. The molecule has 0 fully saturated rings. The van der Waals surface area contributed by atoms with Gasteiger partial charge in [0, 0.05) is 12.2 Å². The third kappa shape index (κ3) is 5.45. The molecule has 0 saturated carbocycles. The monoisotopic (exact) mass is 292 g/mol. The molecule has 0 bridgehead atoms. The van der Waals surface area contributed by atoms with E-state index in [1.807, 2.05) is 12.1 Å². The van der Waals surface area contributed by atoms with Gasteiger partial charge in [-0.3, -0.25) is 4.79 Å². The van der Waals surface area contributed by atoms with Crippen molar-refractivity contribution in [3.63, 3.8) is 0 Å². The number of hydrogen-bond donors (Lipinski definition) is 3. The normalized spacial score (nSPS) is 10.8. The second kappa shape index (κ2) is 7.67. The summed E-state index contributed by atoms with van der Waals surface area (Å²) in [4.78, 5) is 22.2. The van der Waals surface area contributed by atoms with Crippen LogP contribution in [0.5, 0.6) is 0 Å². The van der Waals surface area contributed by atoms with Gasteiger partial charge in [-0.1, -0.05) is 39.8 Å². The second-order valence-electron chi connectivity index (χ2n) is 5.68. The van der Waals surface area contributed by atoms with Crippen molar-refractivity contribution >= 4 is 17.7 Å². The van der Waals surface area contributed by atoms with E-state index >= 15 is 0 Å². The van der Waals surface area contributed by atoms with Crippen molar-refractivity contribution < 1.29 is 14.7 Å². The summed E-state index contributed by atoms with van der Waals surface area (Å²) in [5.41, 5.74) is 3.08. The number of hydrogen-bond acceptors (Lipinski definition) is 2. The fraction of sp³-hybridized carbons (Fsp3) is 0.500. The van der Waals surface area contributed by atoms with Crippen molar-refractivity contribution in [1.29, 1.82) is 0 Å². The largest absolute Gasteiger partial charge is 0.481 e. The molecule has 5 heteroatoms. The summed E-state index contributed by atoms with van der Waals surface area (Å²) < 4.78 is 0. The van der Waals surface area contributed by atoms with Crippen LogP contribution in [0.15, 0.2) is 18.2 Å². The van der Waals surface area contributed by atoms with E-state index < -0.39 is 5.97 Å². The Morgan fingerprint density at radius 3 is 2.33 bits per heavy atom. The molecule has 0 unspecified atom stereocenters. The van der Waals surface area contributed by atoms with Gasteiger partial charge in [0.15, 0.2) is 0 Å². The lowest BCUT2D eigenvalue weighted by atomic mass is 9.94. The van der Waals surface area contributed by atoms with Gasteiger partial charge < -0.3 is 15.7 Å². The van der Waals surface area contributed by atoms with Gasteiger partial charge in [0.2, 0.25) is 0 Å². The highest BCUT2D eigenvalue weighted by molar-refractivity contribution is 5.90. The number of carboxylic acids is 1. The molecule has 0 radical (unpaired) electrons.